The number of carbonyl (C=O) groups is 3. The first-order chi connectivity index (χ1) is 16.0. The maximum Gasteiger partial charge on any atom is 0.508 e. The highest BCUT2D eigenvalue weighted by atomic mass is 32.2. The number of hydrogen-bond acceptors (Lipinski definition) is 10. The zero-order chi connectivity index (χ0) is 23.8. The standard InChI is InChI=1S/C21H27N5O6S/c1-4-11-30-20(28)17-15(9-7-6-8-10-25-13-22-23-24-25)33-19-16(18(27)26(17)19)14(3)32-21(29)31-12-5-2/h4-5,13-14,16,19H,1-2,6-12H2,3H3/t14-,16+,19-/m1/s1. The Kier molecular flexibility index (Phi) is 8.64. The first kappa shape index (κ1) is 24.5. The molecule has 1 fully saturated rings. The molecule has 2 aliphatic rings. The summed E-state index contributed by atoms with van der Waals surface area (Å²) in [4.78, 5) is 39.6. The predicted molar refractivity (Wildman–Crippen MR) is 118 cm³/mol. The molecule has 3 heterocycles. The van der Waals surface area contributed by atoms with Gasteiger partial charge in [0.15, 0.2) is 0 Å². The molecule has 3 rings (SSSR count). The normalized spacial score (nSPS) is 20.0. The van der Waals surface area contributed by atoms with Gasteiger partial charge in [-0.15, -0.1) is 16.9 Å². The van der Waals surface area contributed by atoms with E-state index in [1.165, 1.54) is 28.8 Å². The number of thioether (sulfide) groups is 1. The first-order valence-electron chi connectivity index (χ1n) is 10.6. The van der Waals surface area contributed by atoms with E-state index in [1.807, 2.05) is 0 Å². The van der Waals surface area contributed by atoms with E-state index in [4.69, 9.17) is 14.2 Å². The number of hydrogen-bond donors (Lipinski definition) is 0. The third kappa shape index (κ3) is 5.81. The number of amides is 1. The van der Waals surface area contributed by atoms with E-state index in [9.17, 15) is 14.4 Å². The van der Waals surface area contributed by atoms with Gasteiger partial charge in [-0.05, 0) is 36.6 Å². The predicted octanol–water partition coefficient (Wildman–Crippen LogP) is 2.43. The fourth-order valence-electron chi connectivity index (χ4n) is 3.62. The summed E-state index contributed by atoms with van der Waals surface area (Å²) in [6, 6.07) is 0. The van der Waals surface area contributed by atoms with Crippen LogP contribution in [-0.2, 0) is 30.3 Å². The largest absolute Gasteiger partial charge is 0.508 e. The molecule has 2 aliphatic heterocycles. The molecular weight excluding hydrogens is 450 g/mol. The van der Waals surface area contributed by atoms with Gasteiger partial charge < -0.3 is 14.2 Å². The maximum absolute atomic E-state index is 12.9. The quantitative estimate of drug-likeness (QED) is 0.181. The van der Waals surface area contributed by atoms with E-state index >= 15 is 0 Å². The Morgan fingerprint density at radius 3 is 2.67 bits per heavy atom. The minimum absolute atomic E-state index is 0.0207. The average molecular weight is 478 g/mol. The zero-order valence-electron chi connectivity index (χ0n) is 18.4. The SMILES string of the molecule is C=CCOC(=O)O[C@H](C)[C@H]1C(=O)N2C(C(=O)OCC=C)=C(CCCCCn3cnnn3)S[C@H]12. The van der Waals surface area contributed by atoms with Crippen molar-refractivity contribution in [2.75, 3.05) is 13.2 Å². The number of tetrazole rings is 1. The molecule has 1 amide bonds. The van der Waals surface area contributed by atoms with Crippen molar-refractivity contribution in [3.05, 3.63) is 42.2 Å². The summed E-state index contributed by atoms with van der Waals surface area (Å²) >= 11 is 1.44. The fourth-order valence-corrected chi connectivity index (χ4v) is 5.26. The number of ether oxygens (including phenoxy) is 3. The molecule has 12 heteroatoms. The van der Waals surface area contributed by atoms with Crippen LogP contribution in [0.15, 0.2) is 42.2 Å². The lowest BCUT2D eigenvalue weighted by Crippen LogP contribution is -2.61. The Balaban J connectivity index is 1.61. The van der Waals surface area contributed by atoms with Crippen molar-refractivity contribution in [2.24, 2.45) is 5.92 Å². The number of allylic oxidation sites excluding steroid dienone is 1. The van der Waals surface area contributed by atoms with Crippen LogP contribution in [0.3, 0.4) is 0 Å². The number of β-lactam (4-membered cyclic amide) rings is 1. The van der Waals surface area contributed by atoms with Gasteiger partial charge in [-0.2, -0.15) is 0 Å². The van der Waals surface area contributed by atoms with Crippen molar-refractivity contribution in [3.63, 3.8) is 0 Å². The van der Waals surface area contributed by atoms with Gasteiger partial charge in [0.2, 0.25) is 5.91 Å². The molecule has 0 unspecified atom stereocenters. The van der Waals surface area contributed by atoms with Crippen LogP contribution in [0, 0.1) is 5.92 Å². The molecule has 1 aromatic heterocycles. The Morgan fingerprint density at radius 1 is 1.21 bits per heavy atom. The fraction of sp³-hybridized carbons (Fsp3) is 0.524. The lowest BCUT2D eigenvalue weighted by Gasteiger charge is -2.44. The monoisotopic (exact) mass is 477 g/mol. The summed E-state index contributed by atoms with van der Waals surface area (Å²) in [6.45, 7) is 9.45. The van der Waals surface area contributed by atoms with Crippen LogP contribution in [-0.4, -0.2) is 67.8 Å². The molecule has 0 saturated carbocycles. The smallest absolute Gasteiger partial charge is 0.457 e. The van der Waals surface area contributed by atoms with E-state index in [2.05, 4.69) is 28.7 Å². The number of aryl methyl sites for hydroxylation is 1. The summed E-state index contributed by atoms with van der Waals surface area (Å²) in [7, 11) is 0. The molecule has 0 aliphatic carbocycles. The molecule has 178 valence electrons. The summed E-state index contributed by atoms with van der Waals surface area (Å²) in [6.07, 6.45) is 6.13. The summed E-state index contributed by atoms with van der Waals surface area (Å²) < 4.78 is 17.0. The minimum atomic E-state index is -0.863. The molecule has 11 nitrogen and oxygen atoms in total. The lowest BCUT2D eigenvalue weighted by molar-refractivity contribution is -0.158. The van der Waals surface area contributed by atoms with Gasteiger partial charge in [-0.25, -0.2) is 14.3 Å². The molecule has 1 saturated heterocycles. The van der Waals surface area contributed by atoms with Gasteiger partial charge in [0.05, 0.1) is 0 Å². The summed E-state index contributed by atoms with van der Waals surface area (Å²) in [5.41, 5.74) is 0.273. The van der Waals surface area contributed by atoms with Crippen molar-refractivity contribution in [2.45, 2.75) is 50.6 Å². The second-order valence-electron chi connectivity index (χ2n) is 7.46. The number of aromatic nitrogens is 4. The topological polar surface area (TPSA) is 126 Å². The van der Waals surface area contributed by atoms with Crippen LogP contribution in [0.1, 0.15) is 32.6 Å². The number of unbranched alkanes of at least 4 members (excludes halogenated alkanes) is 2. The molecule has 0 radical (unpaired) electrons. The van der Waals surface area contributed by atoms with Crippen LogP contribution < -0.4 is 0 Å². The van der Waals surface area contributed by atoms with Gasteiger partial charge in [-0.1, -0.05) is 31.7 Å². The van der Waals surface area contributed by atoms with Gasteiger partial charge in [0.25, 0.3) is 0 Å². The Morgan fingerprint density at radius 2 is 1.97 bits per heavy atom. The molecule has 3 atom stereocenters. The molecule has 0 bridgehead atoms. The van der Waals surface area contributed by atoms with E-state index in [1.54, 1.807) is 17.9 Å². The highest BCUT2D eigenvalue weighted by Crippen LogP contribution is 2.52. The number of esters is 1. The number of fused-ring (bicyclic) bond motifs is 1. The third-order valence-corrected chi connectivity index (χ3v) is 6.59. The number of rotatable bonds is 13. The number of carbonyl (C=O) groups excluding carboxylic acids is 3. The third-order valence-electron chi connectivity index (χ3n) is 5.17. The van der Waals surface area contributed by atoms with E-state index < -0.39 is 24.1 Å². The van der Waals surface area contributed by atoms with Gasteiger partial charge in [-0.3, -0.25) is 9.69 Å². The Labute approximate surface area is 195 Å². The lowest BCUT2D eigenvalue weighted by atomic mass is 9.92. The summed E-state index contributed by atoms with van der Waals surface area (Å²) in [5.74, 6) is -1.42. The highest BCUT2D eigenvalue weighted by molar-refractivity contribution is 8.04. The molecule has 0 spiro atoms. The molecule has 33 heavy (non-hydrogen) atoms. The van der Waals surface area contributed by atoms with Gasteiger partial charge >= 0.3 is 12.1 Å². The zero-order valence-corrected chi connectivity index (χ0v) is 19.2. The van der Waals surface area contributed by atoms with Crippen molar-refractivity contribution < 1.29 is 28.6 Å². The Hall–Kier alpha value is -3.15. The van der Waals surface area contributed by atoms with E-state index in [0.29, 0.717) is 13.0 Å². The molecule has 0 N–H and O–H groups in total. The molecule has 1 aromatic rings. The average Bonchev–Trinajstić information content (AvgIpc) is 3.42. The molecule has 0 aromatic carbocycles. The van der Waals surface area contributed by atoms with Crippen LogP contribution in [0.5, 0.6) is 0 Å². The summed E-state index contributed by atoms with van der Waals surface area (Å²) in [5, 5.41) is 10.7. The van der Waals surface area contributed by atoms with Crippen LogP contribution in [0.25, 0.3) is 0 Å². The van der Waals surface area contributed by atoms with Crippen LogP contribution in [0.2, 0.25) is 0 Å². The van der Waals surface area contributed by atoms with Gasteiger partial charge in [0.1, 0.15) is 42.6 Å². The van der Waals surface area contributed by atoms with Gasteiger partial charge in [0, 0.05) is 11.4 Å². The van der Waals surface area contributed by atoms with E-state index in [0.717, 1.165) is 24.2 Å². The second-order valence-corrected chi connectivity index (χ2v) is 8.67. The van der Waals surface area contributed by atoms with Crippen LogP contribution in [0.4, 0.5) is 4.79 Å². The van der Waals surface area contributed by atoms with Crippen molar-refractivity contribution in [3.8, 4) is 0 Å². The minimum Gasteiger partial charge on any atom is -0.457 e. The first-order valence-corrected chi connectivity index (χ1v) is 11.5. The Bertz CT molecular complexity index is 918. The van der Waals surface area contributed by atoms with E-state index in [-0.39, 0.29) is 30.2 Å². The van der Waals surface area contributed by atoms with Crippen molar-refractivity contribution in [1.29, 1.82) is 0 Å². The maximum atomic E-state index is 12.9. The highest BCUT2D eigenvalue weighted by Gasteiger charge is 2.58. The van der Waals surface area contributed by atoms with Crippen LogP contribution >= 0.6 is 11.8 Å². The van der Waals surface area contributed by atoms with Crippen molar-refractivity contribution >= 4 is 29.8 Å². The van der Waals surface area contributed by atoms with Crippen molar-refractivity contribution in [1.82, 2.24) is 25.1 Å². The number of nitrogens with zero attached hydrogens (tertiary/aromatic N) is 5. The second kappa shape index (κ2) is 11.6. The molecular formula is C21H27N5O6S.